The fourth-order valence-electron chi connectivity index (χ4n) is 2.69. The minimum Gasteiger partial charge on any atom is -0.481 e. The Labute approximate surface area is 117 Å². The summed E-state index contributed by atoms with van der Waals surface area (Å²) in [6, 6.07) is 5.85. The fourth-order valence-corrected chi connectivity index (χ4v) is 2.69. The van der Waals surface area contributed by atoms with E-state index in [2.05, 4.69) is 5.32 Å². The number of nitrogens with one attached hydrogen (secondary N) is 1. The van der Waals surface area contributed by atoms with Crippen LogP contribution in [0.3, 0.4) is 0 Å². The second-order valence-corrected chi connectivity index (χ2v) is 5.37. The molecule has 1 fully saturated rings. The van der Waals surface area contributed by atoms with E-state index in [9.17, 15) is 19.1 Å². The van der Waals surface area contributed by atoms with Crippen molar-refractivity contribution in [2.24, 2.45) is 5.41 Å². The smallest absolute Gasteiger partial charge is 0.310 e. The molecular weight excluding hydrogens is 261 g/mol. The van der Waals surface area contributed by atoms with Gasteiger partial charge in [-0.2, -0.15) is 0 Å². The summed E-state index contributed by atoms with van der Waals surface area (Å²) in [6.45, 7) is 0.287. The van der Waals surface area contributed by atoms with Gasteiger partial charge in [-0.15, -0.1) is 0 Å². The molecule has 5 heteroatoms. The first-order valence-electron chi connectivity index (χ1n) is 6.76. The molecule has 2 N–H and O–H groups in total. The average molecular weight is 279 g/mol. The van der Waals surface area contributed by atoms with Crippen molar-refractivity contribution >= 4 is 11.9 Å². The van der Waals surface area contributed by atoms with Crippen molar-refractivity contribution in [3.05, 3.63) is 35.6 Å². The molecule has 1 aliphatic carbocycles. The predicted molar refractivity (Wildman–Crippen MR) is 71.4 cm³/mol. The zero-order valence-corrected chi connectivity index (χ0v) is 11.2. The summed E-state index contributed by atoms with van der Waals surface area (Å²) in [4.78, 5) is 23.2. The Hall–Kier alpha value is -1.91. The van der Waals surface area contributed by atoms with Crippen LogP contribution < -0.4 is 5.32 Å². The van der Waals surface area contributed by atoms with Crippen LogP contribution in [0.2, 0.25) is 0 Å². The molecule has 4 nitrogen and oxygen atoms in total. The third kappa shape index (κ3) is 3.35. The van der Waals surface area contributed by atoms with E-state index in [1.165, 1.54) is 12.1 Å². The van der Waals surface area contributed by atoms with Crippen LogP contribution >= 0.6 is 0 Å². The number of hydrogen-bond donors (Lipinski definition) is 2. The molecule has 1 saturated carbocycles. The minimum atomic E-state index is -0.896. The fraction of sp³-hybridized carbons (Fsp3) is 0.467. The molecule has 0 aromatic heterocycles. The molecule has 0 bridgehead atoms. The summed E-state index contributed by atoms with van der Waals surface area (Å²) >= 11 is 0. The number of hydrogen-bond acceptors (Lipinski definition) is 2. The number of carboxylic acid groups (broad SMARTS) is 1. The van der Waals surface area contributed by atoms with Gasteiger partial charge in [-0.3, -0.25) is 9.59 Å². The van der Waals surface area contributed by atoms with Gasteiger partial charge in [0.05, 0.1) is 5.41 Å². The quantitative estimate of drug-likeness (QED) is 0.870. The summed E-state index contributed by atoms with van der Waals surface area (Å²) in [5, 5.41) is 12.0. The Morgan fingerprint density at radius 1 is 1.20 bits per heavy atom. The molecule has 1 amide bonds. The number of aliphatic carboxylic acids is 1. The molecular formula is C15H18FNO3. The third-order valence-corrected chi connectivity index (χ3v) is 3.92. The zero-order valence-electron chi connectivity index (χ0n) is 11.2. The van der Waals surface area contributed by atoms with Gasteiger partial charge < -0.3 is 10.4 Å². The first-order valence-corrected chi connectivity index (χ1v) is 6.76. The maximum absolute atomic E-state index is 12.7. The lowest BCUT2D eigenvalue weighted by Crippen LogP contribution is -2.35. The summed E-state index contributed by atoms with van der Waals surface area (Å²) in [5.41, 5.74) is -0.108. The molecule has 2 rings (SSSR count). The second-order valence-electron chi connectivity index (χ2n) is 5.37. The lowest BCUT2D eigenvalue weighted by Gasteiger charge is -2.22. The number of carboxylic acids is 1. The van der Waals surface area contributed by atoms with Crippen molar-refractivity contribution in [3.8, 4) is 0 Å². The van der Waals surface area contributed by atoms with Crippen molar-refractivity contribution in [2.75, 3.05) is 0 Å². The summed E-state index contributed by atoms with van der Waals surface area (Å²) in [5.74, 6) is -1.47. The Morgan fingerprint density at radius 2 is 1.80 bits per heavy atom. The number of amides is 1. The second kappa shape index (κ2) is 6.03. The monoisotopic (exact) mass is 279 g/mol. The van der Waals surface area contributed by atoms with Gasteiger partial charge in [-0.25, -0.2) is 4.39 Å². The third-order valence-electron chi connectivity index (χ3n) is 3.92. The number of carbonyl (C=O) groups excluding carboxylic acids is 1. The van der Waals surface area contributed by atoms with Gasteiger partial charge in [0, 0.05) is 13.0 Å². The Bertz CT molecular complexity index is 492. The number of benzene rings is 1. The SMILES string of the molecule is O=C(CC1(C(=O)O)CCCC1)NCc1ccc(F)cc1. The van der Waals surface area contributed by atoms with Crippen molar-refractivity contribution in [1.82, 2.24) is 5.32 Å². The van der Waals surface area contributed by atoms with Crippen molar-refractivity contribution < 1.29 is 19.1 Å². The van der Waals surface area contributed by atoms with E-state index in [0.717, 1.165) is 18.4 Å². The number of rotatable bonds is 5. The van der Waals surface area contributed by atoms with Gasteiger partial charge in [-0.05, 0) is 30.5 Å². The average Bonchev–Trinajstić information content (AvgIpc) is 2.88. The summed E-state index contributed by atoms with van der Waals surface area (Å²) < 4.78 is 12.7. The normalized spacial score (nSPS) is 16.9. The van der Waals surface area contributed by atoms with Gasteiger partial charge in [0.2, 0.25) is 5.91 Å². The van der Waals surface area contributed by atoms with Gasteiger partial charge in [-0.1, -0.05) is 25.0 Å². The number of halogens is 1. The lowest BCUT2D eigenvalue weighted by atomic mass is 9.82. The Balaban J connectivity index is 1.89. The summed E-state index contributed by atoms with van der Waals surface area (Å²) in [6.07, 6.45) is 2.86. The predicted octanol–water partition coefficient (Wildman–Crippen LogP) is 2.48. The molecule has 0 unspecified atom stereocenters. The Morgan fingerprint density at radius 3 is 2.35 bits per heavy atom. The van der Waals surface area contributed by atoms with Crippen molar-refractivity contribution in [1.29, 1.82) is 0 Å². The molecule has 0 spiro atoms. The van der Waals surface area contributed by atoms with Crippen LogP contribution in [0.1, 0.15) is 37.7 Å². The van der Waals surface area contributed by atoms with E-state index in [1.54, 1.807) is 12.1 Å². The van der Waals surface area contributed by atoms with E-state index in [0.29, 0.717) is 12.8 Å². The van der Waals surface area contributed by atoms with Crippen molar-refractivity contribution in [3.63, 3.8) is 0 Å². The highest BCUT2D eigenvalue weighted by molar-refractivity contribution is 5.85. The summed E-state index contributed by atoms with van der Waals surface area (Å²) in [7, 11) is 0. The van der Waals surface area contributed by atoms with Crippen LogP contribution in [0.25, 0.3) is 0 Å². The molecule has 108 valence electrons. The number of carbonyl (C=O) groups is 2. The zero-order chi connectivity index (χ0) is 14.6. The van der Waals surface area contributed by atoms with Crippen LogP contribution in [-0.4, -0.2) is 17.0 Å². The molecule has 0 radical (unpaired) electrons. The van der Waals surface area contributed by atoms with Crippen LogP contribution in [-0.2, 0) is 16.1 Å². The molecule has 0 saturated heterocycles. The van der Waals surface area contributed by atoms with E-state index >= 15 is 0 Å². The minimum absolute atomic E-state index is 0.0174. The highest BCUT2D eigenvalue weighted by Crippen LogP contribution is 2.41. The van der Waals surface area contributed by atoms with E-state index < -0.39 is 11.4 Å². The largest absolute Gasteiger partial charge is 0.481 e. The maximum Gasteiger partial charge on any atom is 0.310 e. The molecule has 1 aliphatic rings. The van der Waals surface area contributed by atoms with Crippen LogP contribution in [0.15, 0.2) is 24.3 Å². The maximum atomic E-state index is 12.7. The van der Waals surface area contributed by atoms with E-state index in [4.69, 9.17) is 0 Å². The van der Waals surface area contributed by atoms with E-state index in [-0.39, 0.29) is 24.7 Å². The Kier molecular flexibility index (Phi) is 4.37. The first kappa shape index (κ1) is 14.5. The van der Waals surface area contributed by atoms with Gasteiger partial charge in [0.15, 0.2) is 0 Å². The highest BCUT2D eigenvalue weighted by Gasteiger charge is 2.42. The molecule has 1 aromatic carbocycles. The molecule has 1 aromatic rings. The molecule has 0 aliphatic heterocycles. The molecule has 0 heterocycles. The van der Waals surface area contributed by atoms with Crippen LogP contribution in [0, 0.1) is 11.2 Å². The molecule has 20 heavy (non-hydrogen) atoms. The van der Waals surface area contributed by atoms with E-state index in [1.807, 2.05) is 0 Å². The van der Waals surface area contributed by atoms with Gasteiger partial charge in [0.1, 0.15) is 5.82 Å². The van der Waals surface area contributed by atoms with Gasteiger partial charge >= 0.3 is 5.97 Å². The standard InChI is InChI=1S/C15H18FNO3/c16-12-5-3-11(4-6-12)10-17-13(18)9-15(14(19)20)7-1-2-8-15/h3-6H,1-2,7-10H2,(H,17,18)(H,19,20). The van der Waals surface area contributed by atoms with Crippen LogP contribution in [0.5, 0.6) is 0 Å². The van der Waals surface area contributed by atoms with Crippen LogP contribution in [0.4, 0.5) is 4.39 Å². The topological polar surface area (TPSA) is 66.4 Å². The highest BCUT2D eigenvalue weighted by atomic mass is 19.1. The first-order chi connectivity index (χ1) is 9.52. The lowest BCUT2D eigenvalue weighted by molar-refractivity contribution is -0.151. The van der Waals surface area contributed by atoms with Gasteiger partial charge in [0.25, 0.3) is 0 Å². The molecule has 0 atom stereocenters. The van der Waals surface area contributed by atoms with Crippen molar-refractivity contribution in [2.45, 2.75) is 38.6 Å².